The van der Waals surface area contributed by atoms with Gasteiger partial charge in [0.15, 0.2) is 11.5 Å². The second kappa shape index (κ2) is 10.1. The lowest BCUT2D eigenvalue weighted by Crippen LogP contribution is -2.07. The maximum Gasteiger partial charge on any atom is 0.167 e. The van der Waals surface area contributed by atoms with Crippen molar-refractivity contribution in [2.75, 3.05) is 12.4 Å². The van der Waals surface area contributed by atoms with Gasteiger partial charge in [0.25, 0.3) is 0 Å². The molecule has 0 radical (unpaired) electrons. The summed E-state index contributed by atoms with van der Waals surface area (Å²) in [7, 11) is 1.59. The number of nitrogens with one attached hydrogen (secondary N) is 1. The fraction of sp³-hybridized carbons (Fsp3) is 0.143. The second-order valence-corrected chi connectivity index (χ2v) is 8.54. The van der Waals surface area contributed by atoms with Crippen LogP contribution in [0.15, 0.2) is 53.0 Å². The number of halogens is 5. The van der Waals surface area contributed by atoms with Gasteiger partial charge in [-0.15, -0.1) is 0 Å². The zero-order valence-electron chi connectivity index (χ0n) is 15.2. The smallest absolute Gasteiger partial charge is 0.167 e. The Morgan fingerprint density at radius 3 is 2.28 bits per heavy atom. The molecule has 0 unspecified atom stereocenters. The number of benzene rings is 3. The molecule has 0 saturated heterocycles. The summed E-state index contributed by atoms with van der Waals surface area (Å²) in [6.07, 6.45) is 0. The van der Waals surface area contributed by atoms with Crippen LogP contribution in [0.4, 0.5) is 5.69 Å². The summed E-state index contributed by atoms with van der Waals surface area (Å²) in [6, 6.07) is 14.3. The summed E-state index contributed by atoms with van der Waals surface area (Å²) < 4.78 is 12.5. The quantitative estimate of drug-likeness (QED) is 0.330. The van der Waals surface area contributed by atoms with Gasteiger partial charge in [0, 0.05) is 37.2 Å². The maximum atomic E-state index is 6.27. The van der Waals surface area contributed by atoms with Crippen molar-refractivity contribution in [2.45, 2.75) is 13.2 Å². The van der Waals surface area contributed by atoms with Crippen LogP contribution in [-0.2, 0) is 13.2 Å². The van der Waals surface area contributed by atoms with E-state index < -0.39 is 0 Å². The lowest BCUT2D eigenvalue weighted by molar-refractivity contribution is 0.281. The Morgan fingerprint density at radius 1 is 0.897 bits per heavy atom. The van der Waals surface area contributed by atoms with E-state index in [2.05, 4.69) is 21.2 Å². The van der Waals surface area contributed by atoms with E-state index in [1.54, 1.807) is 37.4 Å². The van der Waals surface area contributed by atoms with E-state index in [0.717, 1.165) is 15.7 Å². The number of hydrogen-bond donors (Lipinski definition) is 1. The summed E-state index contributed by atoms with van der Waals surface area (Å²) in [5, 5.41) is 5.49. The summed E-state index contributed by atoms with van der Waals surface area (Å²) >= 11 is 28.4. The number of methoxy groups -OCH3 is 1. The Bertz CT molecular complexity index is 1010. The van der Waals surface area contributed by atoms with E-state index >= 15 is 0 Å². The van der Waals surface area contributed by atoms with Crippen molar-refractivity contribution in [1.29, 1.82) is 0 Å². The van der Waals surface area contributed by atoms with Gasteiger partial charge in [0.05, 0.1) is 17.8 Å². The molecule has 3 rings (SSSR count). The van der Waals surface area contributed by atoms with Crippen molar-refractivity contribution in [3.63, 3.8) is 0 Å². The van der Waals surface area contributed by atoms with Gasteiger partial charge in [-0.25, -0.2) is 0 Å². The molecule has 3 nitrogen and oxygen atoms in total. The van der Waals surface area contributed by atoms with Gasteiger partial charge in [-0.1, -0.05) is 68.4 Å². The van der Waals surface area contributed by atoms with Gasteiger partial charge in [-0.2, -0.15) is 0 Å². The topological polar surface area (TPSA) is 30.5 Å². The molecule has 0 aliphatic carbocycles. The average molecular weight is 536 g/mol. The second-order valence-electron chi connectivity index (χ2n) is 6.02. The predicted octanol–water partition coefficient (Wildman–Crippen LogP) is 8.26. The Kier molecular flexibility index (Phi) is 7.83. The first-order valence-corrected chi connectivity index (χ1v) is 10.8. The molecule has 29 heavy (non-hydrogen) atoms. The number of rotatable bonds is 7. The third kappa shape index (κ3) is 5.44. The minimum absolute atomic E-state index is 0.194. The van der Waals surface area contributed by atoms with Crippen molar-refractivity contribution < 1.29 is 9.47 Å². The van der Waals surface area contributed by atoms with E-state index in [0.29, 0.717) is 43.7 Å². The molecule has 0 amide bonds. The van der Waals surface area contributed by atoms with Gasteiger partial charge < -0.3 is 14.8 Å². The number of ether oxygens (including phenoxy) is 2. The Morgan fingerprint density at radius 2 is 1.62 bits per heavy atom. The van der Waals surface area contributed by atoms with E-state index in [-0.39, 0.29) is 6.61 Å². The largest absolute Gasteiger partial charge is 0.493 e. The highest BCUT2D eigenvalue weighted by atomic mass is 79.9. The molecule has 0 spiro atoms. The molecule has 8 heteroatoms. The standard InChI is InChI=1S/C21H16BrCl4NO2/c1-28-20-8-6-15(22)13(10-27-19-7-5-12(23)9-18(19)26)21(20)29-11-14-16(24)3-2-4-17(14)25/h2-9,27H,10-11H2,1H3. The number of anilines is 1. The summed E-state index contributed by atoms with van der Waals surface area (Å²) in [5.41, 5.74) is 2.32. The van der Waals surface area contributed by atoms with E-state index in [9.17, 15) is 0 Å². The van der Waals surface area contributed by atoms with Crippen molar-refractivity contribution in [2.24, 2.45) is 0 Å². The highest BCUT2D eigenvalue weighted by Crippen LogP contribution is 2.38. The highest BCUT2D eigenvalue weighted by Gasteiger charge is 2.17. The van der Waals surface area contributed by atoms with Crippen LogP contribution in [-0.4, -0.2) is 7.11 Å². The van der Waals surface area contributed by atoms with Crippen LogP contribution in [0.5, 0.6) is 11.5 Å². The molecular formula is C21H16BrCl4NO2. The first kappa shape index (κ1) is 22.4. The van der Waals surface area contributed by atoms with Crippen LogP contribution in [0.3, 0.4) is 0 Å². The summed E-state index contributed by atoms with van der Waals surface area (Å²) in [5.74, 6) is 1.17. The fourth-order valence-corrected chi connectivity index (χ4v) is 4.13. The first-order chi connectivity index (χ1) is 13.9. The van der Waals surface area contributed by atoms with Crippen LogP contribution < -0.4 is 14.8 Å². The van der Waals surface area contributed by atoms with Crippen LogP contribution >= 0.6 is 62.3 Å². The Hall–Kier alpha value is -1.30. The zero-order chi connectivity index (χ0) is 21.0. The van der Waals surface area contributed by atoms with E-state index in [4.69, 9.17) is 55.9 Å². The van der Waals surface area contributed by atoms with Gasteiger partial charge in [0.1, 0.15) is 6.61 Å². The molecular weight excluding hydrogens is 520 g/mol. The maximum absolute atomic E-state index is 6.27. The third-order valence-electron chi connectivity index (χ3n) is 4.20. The van der Waals surface area contributed by atoms with Crippen LogP contribution in [0.1, 0.15) is 11.1 Å². The average Bonchev–Trinajstić information content (AvgIpc) is 2.68. The van der Waals surface area contributed by atoms with Crippen molar-refractivity contribution in [3.8, 4) is 11.5 Å². The summed E-state index contributed by atoms with van der Waals surface area (Å²) in [4.78, 5) is 0. The van der Waals surface area contributed by atoms with Gasteiger partial charge >= 0.3 is 0 Å². The molecule has 0 atom stereocenters. The zero-order valence-corrected chi connectivity index (χ0v) is 19.8. The van der Waals surface area contributed by atoms with Crippen molar-refractivity contribution in [1.82, 2.24) is 0 Å². The SMILES string of the molecule is COc1ccc(Br)c(CNc2ccc(Cl)cc2Cl)c1OCc1c(Cl)cccc1Cl. The molecule has 0 bridgehead atoms. The van der Waals surface area contributed by atoms with E-state index in [1.165, 1.54) is 0 Å². The van der Waals surface area contributed by atoms with Gasteiger partial charge in [-0.3, -0.25) is 0 Å². The molecule has 0 heterocycles. The Labute approximate surface area is 197 Å². The molecule has 0 aliphatic rings. The lowest BCUT2D eigenvalue weighted by Gasteiger charge is -2.18. The first-order valence-electron chi connectivity index (χ1n) is 8.50. The van der Waals surface area contributed by atoms with Crippen LogP contribution in [0.2, 0.25) is 20.1 Å². The minimum Gasteiger partial charge on any atom is -0.493 e. The predicted molar refractivity (Wildman–Crippen MR) is 125 cm³/mol. The van der Waals surface area contributed by atoms with Crippen LogP contribution in [0.25, 0.3) is 0 Å². The normalized spacial score (nSPS) is 10.7. The summed E-state index contributed by atoms with van der Waals surface area (Å²) in [6.45, 7) is 0.630. The molecule has 1 N–H and O–H groups in total. The monoisotopic (exact) mass is 533 g/mol. The minimum atomic E-state index is 0.194. The molecule has 3 aromatic carbocycles. The highest BCUT2D eigenvalue weighted by molar-refractivity contribution is 9.10. The van der Waals surface area contributed by atoms with E-state index in [1.807, 2.05) is 18.2 Å². The molecule has 0 aliphatic heterocycles. The molecule has 0 aromatic heterocycles. The van der Waals surface area contributed by atoms with Gasteiger partial charge in [-0.05, 0) is 42.5 Å². The van der Waals surface area contributed by atoms with Crippen molar-refractivity contribution in [3.05, 3.63) is 84.2 Å². The number of hydrogen-bond acceptors (Lipinski definition) is 3. The fourth-order valence-electron chi connectivity index (χ4n) is 2.70. The van der Waals surface area contributed by atoms with Gasteiger partial charge in [0.2, 0.25) is 0 Å². The van der Waals surface area contributed by atoms with Crippen molar-refractivity contribution >= 4 is 68.0 Å². The third-order valence-corrected chi connectivity index (χ3v) is 6.20. The van der Waals surface area contributed by atoms with Crippen LogP contribution in [0, 0.1) is 0 Å². The lowest BCUT2D eigenvalue weighted by atomic mass is 10.1. The molecule has 152 valence electrons. The Balaban J connectivity index is 1.88. The molecule has 0 fully saturated rings. The molecule has 3 aromatic rings. The molecule has 0 saturated carbocycles.